The van der Waals surface area contributed by atoms with E-state index < -0.39 is 11.9 Å². The van der Waals surface area contributed by atoms with Gasteiger partial charge in [-0.15, -0.1) is 0 Å². The van der Waals surface area contributed by atoms with E-state index in [1.54, 1.807) is 44.2 Å². The van der Waals surface area contributed by atoms with E-state index in [-0.39, 0.29) is 36.0 Å². The number of carbonyl (C=O) groups excluding carboxylic acids is 2. The number of aliphatic hydroxyl groups excluding tert-OH is 1. The molecule has 0 spiro atoms. The molecule has 0 atom stereocenters. The van der Waals surface area contributed by atoms with Crippen LogP contribution in [0.4, 0.5) is 0 Å². The SMILES string of the molecule is CCOC(=O)C1=C(O)/C(=C/c2cc(Br)c(OCc3ccc(Cl)c(Cl)c3)c(OC)c2)SC1=NC(=O)CC. The van der Waals surface area contributed by atoms with E-state index in [0.29, 0.717) is 36.5 Å². The number of ether oxygens (including phenoxy) is 3. The molecule has 0 fully saturated rings. The minimum atomic E-state index is -0.752. The van der Waals surface area contributed by atoms with Crippen molar-refractivity contribution in [2.75, 3.05) is 13.7 Å². The van der Waals surface area contributed by atoms with E-state index >= 15 is 0 Å². The van der Waals surface area contributed by atoms with Crippen molar-refractivity contribution >= 4 is 73.9 Å². The van der Waals surface area contributed by atoms with Crippen molar-refractivity contribution in [1.82, 2.24) is 0 Å². The zero-order valence-corrected chi connectivity index (χ0v) is 23.5. The zero-order chi connectivity index (χ0) is 26.4. The van der Waals surface area contributed by atoms with E-state index in [9.17, 15) is 14.7 Å². The molecule has 11 heteroatoms. The highest BCUT2D eigenvalue weighted by Crippen LogP contribution is 2.42. The number of carbonyl (C=O) groups is 2. The minimum absolute atomic E-state index is 0.0941. The summed E-state index contributed by atoms with van der Waals surface area (Å²) in [4.78, 5) is 28.6. The Hall–Kier alpha value is -2.46. The molecule has 1 N–H and O–H groups in total. The second kappa shape index (κ2) is 12.7. The summed E-state index contributed by atoms with van der Waals surface area (Å²) in [6.07, 6.45) is 1.81. The molecule has 1 heterocycles. The number of halogens is 3. The van der Waals surface area contributed by atoms with Crippen LogP contribution in [-0.4, -0.2) is 35.7 Å². The second-order valence-electron chi connectivity index (χ2n) is 7.29. The fourth-order valence-electron chi connectivity index (χ4n) is 3.08. The molecule has 0 aromatic heterocycles. The molecule has 0 bridgehead atoms. The van der Waals surface area contributed by atoms with Crippen LogP contribution in [0.1, 0.15) is 31.4 Å². The molecular weight excluding hydrogens is 593 g/mol. The van der Waals surface area contributed by atoms with E-state index in [1.807, 2.05) is 6.07 Å². The van der Waals surface area contributed by atoms with Crippen molar-refractivity contribution in [3.05, 3.63) is 72.2 Å². The molecular formula is C25H22BrCl2NO6S. The summed E-state index contributed by atoms with van der Waals surface area (Å²) >= 11 is 16.6. The van der Waals surface area contributed by atoms with Gasteiger partial charge in [-0.2, -0.15) is 0 Å². The lowest BCUT2D eigenvalue weighted by atomic mass is 10.1. The molecule has 2 aromatic rings. The molecule has 0 saturated carbocycles. The average Bonchev–Trinajstić information content (AvgIpc) is 3.14. The molecule has 1 aliphatic heterocycles. The van der Waals surface area contributed by atoms with Crippen molar-refractivity contribution in [2.45, 2.75) is 26.9 Å². The second-order valence-corrected chi connectivity index (χ2v) is 9.99. The Labute approximate surface area is 231 Å². The van der Waals surface area contributed by atoms with Crippen molar-refractivity contribution < 1.29 is 28.9 Å². The maximum absolute atomic E-state index is 12.4. The summed E-state index contributed by atoms with van der Waals surface area (Å²) < 4.78 is 17.1. The van der Waals surface area contributed by atoms with Crippen LogP contribution >= 0.6 is 50.9 Å². The molecule has 190 valence electrons. The summed E-state index contributed by atoms with van der Waals surface area (Å²) in [6, 6.07) is 8.71. The van der Waals surface area contributed by atoms with Crippen LogP contribution in [0.15, 0.2) is 56.0 Å². The lowest BCUT2D eigenvalue weighted by Crippen LogP contribution is -2.14. The quantitative estimate of drug-likeness (QED) is 0.316. The number of benzene rings is 2. The first kappa shape index (κ1) is 28.1. The van der Waals surface area contributed by atoms with Gasteiger partial charge in [-0.25, -0.2) is 9.79 Å². The maximum Gasteiger partial charge on any atom is 0.344 e. The highest BCUT2D eigenvalue weighted by Gasteiger charge is 2.33. The topological polar surface area (TPSA) is 94.4 Å². The van der Waals surface area contributed by atoms with Crippen LogP contribution in [0.25, 0.3) is 6.08 Å². The first-order valence-electron chi connectivity index (χ1n) is 10.7. The molecule has 36 heavy (non-hydrogen) atoms. The zero-order valence-electron chi connectivity index (χ0n) is 19.6. The molecule has 2 aromatic carbocycles. The number of nitrogens with zero attached hydrogens (tertiary/aromatic N) is 1. The van der Waals surface area contributed by atoms with Crippen molar-refractivity contribution in [1.29, 1.82) is 0 Å². The number of hydrogen-bond acceptors (Lipinski definition) is 7. The number of hydrogen-bond donors (Lipinski definition) is 1. The number of aliphatic imine (C=N–C) groups is 1. The van der Waals surface area contributed by atoms with Gasteiger partial charge in [0.1, 0.15) is 23.0 Å². The van der Waals surface area contributed by atoms with Crippen molar-refractivity contribution in [3.8, 4) is 11.5 Å². The van der Waals surface area contributed by atoms with Crippen LogP contribution in [0.5, 0.6) is 11.5 Å². The van der Waals surface area contributed by atoms with Crippen LogP contribution < -0.4 is 9.47 Å². The van der Waals surface area contributed by atoms with E-state index in [4.69, 9.17) is 37.4 Å². The largest absolute Gasteiger partial charge is 0.506 e. The third kappa shape index (κ3) is 6.64. The molecule has 3 rings (SSSR count). The van der Waals surface area contributed by atoms with E-state index in [2.05, 4.69) is 20.9 Å². The number of amides is 1. The maximum atomic E-state index is 12.4. The predicted octanol–water partition coefficient (Wildman–Crippen LogP) is 7.14. The van der Waals surface area contributed by atoms with Crippen LogP contribution in [0.3, 0.4) is 0 Å². The van der Waals surface area contributed by atoms with Gasteiger partial charge in [0.15, 0.2) is 11.5 Å². The Morgan fingerprint density at radius 1 is 1.17 bits per heavy atom. The Morgan fingerprint density at radius 3 is 2.56 bits per heavy atom. The number of esters is 1. The first-order chi connectivity index (χ1) is 17.2. The van der Waals surface area contributed by atoms with E-state index in [0.717, 1.165) is 17.3 Å². The summed E-state index contributed by atoms with van der Waals surface area (Å²) in [6.45, 7) is 3.64. The Kier molecular flexibility index (Phi) is 9.90. The third-order valence-corrected chi connectivity index (χ3v) is 7.16. The van der Waals surface area contributed by atoms with Gasteiger partial charge in [0.2, 0.25) is 5.91 Å². The fourth-order valence-corrected chi connectivity index (χ4v) is 5.01. The molecule has 0 aliphatic carbocycles. The van der Waals surface area contributed by atoms with Gasteiger partial charge in [-0.3, -0.25) is 4.79 Å². The van der Waals surface area contributed by atoms with Crippen molar-refractivity contribution in [2.24, 2.45) is 4.99 Å². The van der Waals surface area contributed by atoms with Crippen molar-refractivity contribution in [3.63, 3.8) is 0 Å². The molecule has 1 amide bonds. The van der Waals surface area contributed by atoms with Gasteiger partial charge in [0.25, 0.3) is 0 Å². The van der Waals surface area contributed by atoms with Crippen LogP contribution in [0, 0.1) is 0 Å². The van der Waals surface area contributed by atoms with E-state index in [1.165, 1.54) is 7.11 Å². The van der Waals surface area contributed by atoms with Gasteiger partial charge in [-0.05, 0) is 64.3 Å². The monoisotopic (exact) mass is 613 g/mol. The van der Waals surface area contributed by atoms with Gasteiger partial charge >= 0.3 is 5.97 Å². The van der Waals surface area contributed by atoms with Crippen LogP contribution in [-0.2, 0) is 20.9 Å². The standard InChI is InChI=1S/C25H22BrCl2NO6S/c1-4-20(30)29-24-21(25(32)34-5-2)22(31)19(36-24)11-14-8-15(26)23(18(10-14)33-3)35-12-13-6-7-16(27)17(28)9-13/h6-11,31H,4-5,12H2,1-3H3/b19-11-,29-24?. The Morgan fingerprint density at radius 2 is 1.92 bits per heavy atom. The number of aliphatic hydroxyl groups is 1. The normalized spacial score (nSPS) is 15.5. The number of thioether (sulfide) groups is 1. The van der Waals surface area contributed by atoms with Gasteiger partial charge in [-0.1, -0.05) is 48.0 Å². The van der Waals surface area contributed by atoms with Gasteiger partial charge in [0.05, 0.1) is 33.1 Å². The molecule has 0 radical (unpaired) electrons. The number of methoxy groups -OCH3 is 1. The van der Waals surface area contributed by atoms with Gasteiger partial charge < -0.3 is 19.3 Å². The minimum Gasteiger partial charge on any atom is -0.506 e. The lowest BCUT2D eigenvalue weighted by molar-refractivity contribution is -0.138. The Bertz CT molecular complexity index is 1290. The van der Waals surface area contributed by atoms with Crippen LogP contribution in [0.2, 0.25) is 10.0 Å². The smallest absolute Gasteiger partial charge is 0.344 e. The average molecular weight is 615 g/mol. The lowest BCUT2D eigenvalue weighted by Gasteiger charge is -2.14. The number of rotatable bonds is 8. The summed E-state index contributed by atoms with van der Waals surface area (Å²) in [5, 5.41) is 11.8. The highest BCUT2D eigenvalue weighted by molar-refractivity contribution is 9.10. The van der Waals surface area contributed by atoms with Gasteiger partial charge in [0, 0.05) is 6.42 Å². The fraction of sp³-hybridized carbons (Fsp3) is 0.240. The molecule has 1 aliphatic rings. The Balaban J connectivity index is 1.93. The molecule has 0 saturated heterocycles. The highest BCUT2D eigenvalue weighted by atomic mass is 79.9. The summed E-state index contributed by atoms with van der Waals surface area (Å²) in [5.41, 5.74) is 1.32. The first-order valence-corrected chi connectivity index (χ1v) is 13.1. The summed E-state index contributed by atoms with van der Waals surface area (Å²) in [7, 11) is 1.51. The molecule has 7 nitrogen and oxygen atoms in total. The molecule has 0 unspecified atom stereocenters. The predicted molar refractivity (Wildman–Crippen MR) is 146 cm³/mol. The third-order valence-electron chi connectivity index (χ3n) is 4.82. The summed E-state index contributed by atoms with van der Waals surface area (Å²) in [5.74, 6) is -0.577.